The van der Waals surface area contributed by atoms with Crippen LogP contribution in [-0.4, -0.2) is 5.50 Å². The van der Waals surface area contributed by atoms with Gasteiger partial charge in [-0.05, 0) is 0 Å². The van der Waals surface area contributed by atoms with Gasteiger partial charge in [0.25, 0.3) is 0 Å². The Balaban J connectivity index is 0.000000187. The van der Waals surface area contributed by atoms with E-state index in [0.29, 0.717) is 0 Å². The maximum atomic E-state index is 5.68. The van der Waals surface area contributed by atoms with Crippen molar-refractivity contribution >= 4 is 59.7 Å². The van der Waals surface area contributed by atoms with E-state index in [4.69, 9.17) is 11.1 Å². The predicted molar refractivity (Wildman–Crippen MR) is 141 cm³/mol. The van der Waals surface area contributed by atoms with Crippen molar-refractivity contribution < 1.29 is 44.0 Å². The van der Waals surface area contributed by atoms with E-state index in [2.05, 4.69) is 135 Å². The zero-order valence-electron chi connectivity index (χ0n) is 18.9. The van der Waals surface area contributed by atoms with E-state index in [1.165, 1.54) is 55.6 Å². The average Bonchev–Trinajstić information content (AvgIpc) is 3.38. The molecule has 0 amide bonds. The van der Waals surface area contributed by atoms with E-state index in [0.717, 1.165) is 0 Å². The molecule has 0 radical (unpaired) electrons. The second kappa shape index (κ2) is 14.1. The molecular weight excluding hydrogens is 531 g/mol. The van der Waals surface area contributed by atoms with Crippen molar-refractivity contribution in [3.8, 4) is 0 Å². The smallest absolute Gasteiger partial charge is 0.0771 e. The third-order valence-electron chi connectivity index (χ3n) is 5.52. The summed E-state index contributed by atoms with van der Waals surface area (Å²) in [5, 5.41) is 10.8. The molecule has 0 aliphatic rings. The van der Waals surface area contributed by atoms with Gasteiger partial charge in [-0.1, -0.05) is 72.8 Å². The second-order valence-electron chi connectivity index (χ2n) is 7.79. The fourth-order valence-corrected chi connectivity index (χ4v) is 6.20. The summed E-state index contributed by atoms with van der Waals surface area (Å²) < 4.78 is 0. The van der Waals surface area contributed by atoms with Gasteiger partial charge in [-0.25, -0.2) is 0 Å². The molecule has 6 aromatic rings. The Morgan fingerprint density at radius 2 is 0.853 bits per heavy atom. The van der Waals surface area contributed by atoms with E-state index in [9.17, 15) is 0 Å². The quantitative estimate of drug-likeness (QED) is 0.175. The Hall–Kier alpha value is -1.58. The summed E-state index contributed by atoms with van der Waals surface area (Å²) >= 11 is 7.80. The first-order valence-corrected chi connectivity index (χ1v) is 16.0. The molecule has 0 spiro atoms. The van der Waals surface area contributed by atoms with E-state index in [-0.39, 0.29) is 24.8 Å². The minimum atomic E-state index is -0.413. The van der Waals surface area contributed by atoms with Gasteiger partial charge in [0.2, 0.25) is 0 Å². The molecule has 0 saturated carbocycles. The summed E-state index contributed by atoms with van der Waals surface area (Å²) in [4.78, 5) is 0. The molecule has 0 atom stereocenters. The standard InChI is InChI=1S/2C13H9.C3H7ClSi.2ClH.Ti/c2*1-3-7-12-10(5-1)9-11-6-2-4-8-13(11)12;1-2-3-5-4;;;/h2*1-9H;2-3H2,1H3;2*1H;/q2*-1;;;;+2/p-2. The Bertz CT molecular complexity index is 1280. The van der Waals surface area contributed by atoms with Gasteiger partial charge < -0.3 is 24.8 Å². The third-order valence-corrected chi connectivity index (χ3v) is 8.19. The van der Waals surface area contributed by atoms with Crippen LogP contribution in [0.2, 0.25) is 6.04 Å². The molecule has 0 bridgehead atoms. The Labute approximate surface area is 230 Å². The topological polar surface area (TPSA) is 0 Å². The van der Waals surface area contributed by atoms with Crippen LogP contribution >= 0.6 is 11.1 Å². The van der Waals surface area contributed by atoms with Gasteiger partial charge in [0.15, 0.2) is 0 Å². The van der Waals surface area contributed by atoms with Crippen LogP contribution in [-0.2, 0) is 19.2 Å². The maximum Gasteiger partial charge on any atom is -0.0771 e. The van der Waals surface area contributed by atoms with E-state index < -0.39 is 5.50 Å². The molecule has 0 nitrogen and oxygen atoms in total. The van der Waals surface area contributed by atoms with Crippen LogP contribution in [0.5, 0.6) is 0 Å². The molecule has 34 heavy (non-hydrogen) atoms. The normalized spacial score (nSPS) is 10.0. The van der Waals surface area contributed by atoms with Gasteiger partial charge in [-0.2, -0.15) is 0 Å². The van der Waals surface area contributed by atoms with Gasteiger partial charge in [-0.3, -0.25) is 0 Å². The Morgan fingerprint density at radius 3 is 1.06 bits per heavy atom. The fraction of sp³-hybridized carbons (Fsp3) is 0.103. The molecule has 0 fully saturated rings. The Kier molecular flexibility index (Phi) is 11.9. The molecule has 5 heteroatoms. The van der Waals surface area contributed by atoms with Crippen LogP contribution in [0.1, 0.15) is 13.3 Å². The van der Waals surface area contributed by atoms with Crippen LogP contribution in [0.25, 0.3) is 43.1 Å². The van der Waals surface area contributed by atoms with Crippen LogP contribution < -0.4 is 24.8 Å². The molecule has 0 unspecified atom stereocenters. The maximum absolute atomic E-state index is 5.68. The van der Waals surface area contributed by atoms with E-state index in [1.54, 1.807) is 0 Å². The van der Waals surface area contributed by atoms with Crippen molar-refractivity contribution in [1.29, 1.82) is 0 Å². The van der Waals surface area contributed by atoms with Crippen molar-refractivity contribution in [2.24, 2.45) is 0 Å². The number of fused-ring (bicyclic) bond motifs is 6. The van der Waals surface area contributed by atoms with Gasteiger partial charge >= 0.3 is 55.1 Å². The van der Waals surface area contributed by atoms with Gasteiger partial charge in [0, 0.05) is 0 Å². The first-order chi connectivity index (χ1) is 15.7. The van der Waals surface area contributed by atoms with Crippen molar-refractivity contribution in [3.63, 3.8) is 0 Å². The summed E-state index contributed by atoms with van der Waals surface area (Å²) in [7, 11) is 0. The van der Waals surface area contributed by atoms with Crippen molar-refractivity contribution in [1.82, 2.24) is 0 Å². The summed E-state index contributed by atoms with van der Waals surface area (Å²) in [6.45, 7) is 2.16. The van der Waals surface area contributed by atoms with Crippen molar-refractivity contribution in [2.45, 2.75) is 19.4 Å². The minimum absolute atomic E-state index is 0. The predicted octanol–water partition coefficient (Wildman–Crippen LogP) is 3.10. The number of benzene rings is 4. The first kappa shape index (κ1) is 28.7. The molecular formula is C29H25Cl3SiTi-2. The number of rotatable bonds is 2. The number of hydrogen-bond donors (Lipinski definition) is 0. The number of hydrogen-bond acceptors (Lipinski definition) is 0. The SMILES string of the molecule is CCC[Si](Cl)=[Ti+2].[Cl-].[Cl-].c1ccc2c(c1)[cH-]c1ccccc12.c1ccc2c(c1)[cH-]c1ccccc12. The van der Waals surface area contributed by atoms with Gasteiger partial charge in [-0.15, -0.1) is 79.5 Å². The van der Waals surface area contributed by atoms with Crippen LogP contribution in [0, 0.1) is 0 Å². The molecule has 6 rings (SSSR count). The number of halogens is 3. The summed E-state index contributed by atoms with van der Waals surface area (Å²) in [6, 6.07) is 39.8. The zero-order valence-corrected chi connectivity index (χ0v) is 23.8. The Morgan fingerprint density at radius 1 is 0.588 bits per heavy atom. The van der Waals surface area contributed by atoms with Crippen molar-refractivity contribution in [3.05, 3.63) is 109 Å². The molecule has 6 aromatic carbocycles. The molecule has 0 N–H and O–H groups in total. The summed E-state index contributed by atoms with van der Waals surface area (Å²) in [5.41, 5.74) is -0.413. The van der Waals surface area contributed by atoms with E-state index >= 15 is 0 Å². The van der Waals surface area contributed by atoms with Gasteiger partial charge in [0.1, 0.15) is 0 Å². The van der Waals surface area contributed by atoms with E-state index in [1.807, 2.05) is 0 Å². The second-order valence-corrected chi connectivity index (χ2v) is 14.8. The van der Waals surface area contributed by atoms with Crippen LogP contribution in [0.4, 0.5) is 0 Å². The van der Waals surface area contributed by atoms with Crippen molar-refractivity contribution in [2.75, 3.05) is 0 Å². The zero-order chi connectivity index (χ0) is 22.3. The largest absolute Gasteiger partial charge is 1.00 e. The first-order valence-electron chi connectivity index (χ1n) is 11.0. The molecule has 0 saturated heterocycles. The van der Waals surface area contributed by atoms with Crippen LogP contribution in [0.15, 0.2) is 109 Å². The molecule has 0 heterocycles. The summed E-state index contributed by atoms with van der Waals surface area (Å²) in [6.07, 6.45) is 1.24. The molecule has 172 valence electrons. The molecule has 0 aliphatic heterocycles. The summed E-state index contributed by atoms with van der Waals surface area (Å²) in [5.74, 6) is 0. The fourth-order valence-electron chi connectivity index (χ4n) is 4.03. The average molecular weight is 556 g/mol. The van der Waals surface area contributed by atoms with Crippen LogP contribution in [0.3, 0.4) is 0 Å². The molecule has 0 aromatic heterocycles. The minimum Gasteiger partial charge on any atom is -1.00 e. The van der Waals surface area contributed by atoms with Gasteiger partial charge in [0.05, 0.1) is 0 Å². The third kappa shape index (κ3) is 6.98. The molecule has 0 aliphatic carbocycles. The monoisotopic (exact) mass is 554 g/mol.